The van der Waals surface area contributed by atoms with Crippen LogP contribution in [0.1, 0.15) is 40.2 Å². The van der Waals surface area contributed by atoms with E-state index in [1.54, 1.807) is 0 Å². The van der Waals surface area contributed by atoms with Crippen LogP contribution < -0.4 is 10.1 Å². The van der Waals surface area contributed by atoms with Gasteiger partial charge in [0.2, 0.25) is 0 Å². The maximum absolute atomic E-state index is 11.5. The topological polar surface area (TPSA) is 47.6 Å². The van der Waals surface area contributed by atoms with Crippen LogP contribution >= 0.6 is 0 Å². The summed E-state index contributed by atoms with van der Waals surface area (Å²) >= 11 is 0. The SMILES string of the molecule is CC(C)Oc1ccc(CNCC(=O)OC(C)(C)C)cc1. The molecule has 1 aromatic rings. The van der Waals surface area contributed by atoms with Crippen LogP contribution in [0.5, 0.6) is 5.75 Å². The van der Waals surface area contributed by atoms with E-state index in [1.807, 2.05) is 58.9 Å². The van der Waals surface area contributed by atoms with Crippen LogP contribution in [-0.4, -0.2) is 24.2 Å². The van der Waals surface area contributed by atoms with Crippen molar-refractivity contribution < 1.29 is 14.3 Å². The van der Waals surface area contributed by atoms with Crippen LogP contribution in [0.3, 0.4) is 0 Å². The minimum absolute atomic E-state index is 0.172. The minimum atomic E-state index is -0.436. The second kappa shape index (κ2) is 7.29. The number of nitrogens with one attached hydrogen (secondary N) is 1. The van der Waals surface area contributed by atoms with Crippen LogP contribution in [0, 0.1) is 0 Å². The predicted molar refractivity (Wildman–Crippen MR) is 79.8 cm³/mol. The highest BCUT2D eigenvalue weighted by atomic mass is 16.6. The van der Waals surface area contributed by atoms with Gasteiger partial charge in [0.15, 0.2) is 0 Å². The average Bonchev–Trinajstić information content (AvgIpc) is 2.28. The summed E-state index contributed by atoms with van der Waals surface area (Å²) in [4.78, 5) is 11.5. The van der Waals surface area contributed by atoms with Gasteiger partial charge in [-0.1, -0.05) is 12.1 Å². The molecule has 0 unspecified atom stereocenters. The van der Waals surface area contributed by atoms with Crippen LogP contribution in [0.4, 0.5) is 0 Å². The van der Waals surface area contributed by atoms with Crippen LogP contribution in [0.2, 0.25) is 0 Å². The molecule has 0 bridgehead atoms. The molecule has 0 amide bonds. The Morgan fingerprint density at radius 2 is 1.80 bits per heavy atom. The van der Waals surface area contributed by atoms with Gasteiger partial charge < -0.3 is 14.8 Å². The van der Waals surface area contributed by atoms with Crippen LogP contribution in [-0.2, 0) is 16.1 Å². The maximum atomic E-state index is 11.5. The van der Waals surface area contributed by atoms with Crippen molar-refractivity contribution in [3.05, 3.63) is 29.8 Å². The lowest BCUT2D eigenvalue weighted by Crippen LogP contribution is -2.31. The summed E-state index contributed by atoms with van der Waals surface area (Å²) in [5.74, 6) is 0.619. The van der Waals surface area contributed by atoms with Gasteiger partial charge in [-0.05, 0) is 52.3 Å². The highest BCUT2D eigenvalue weighted by Gasteiger charge is 2.15. The summed E-state index contributed by atoms with van der Waals surface area (Å²) in [6, 6.07) is 7.84. The van der Waals surface area contributed by atoms with Gasteiger partial charge >= 0.3 is 5.97 Å². The van der Waals surface area contributed by atoms with Crippen molar-refractivity contribution in [1.29, 1.82) is 0 Å². The fourth-order valence-electron chi connectivity index (χ4n) is 1.64. The van der Waals surface area contributed by atoms with E-state index in [9.17, 15) is 4.79 Å². The molecule has 0 atom stereocenters. The Kier molecular flexibility index (Phi) is 6.02. The Morgan fingerprint density at radius 3 is 2.30 bits per heavy atom. The molecular weight excluding hydrogens is 254 g/mol. The van der Waals surface area contributed by atoms with Gasteiger partial charge in [0, 0.05) is 6.54 Å². The van der Waals surface area contributed by atoms with Crippen LogP contribution in [0.15, 0.2) is 24.3 Å². The fraction of sp³-hybridized carbons (Fsp3) is 0.562. The molecule has 0 aromatic heterocycles. The van der Waals surface area contributed by atoms with Gasteiger partial charge in [-0.2, -0.15) is 0 Å². The van der Waals surface area contributed by atoms with Gasteiger partial charge in [-0.25, -0.2) is 0 Å². The molecular formula is C16H25NO3. The Balaban J connectivity index is 2.33. The van der Waals surface area contributed by atoms with Gasteiger partial charge in [0.25, 0.3) is 0 Å². The number of ether oxygens (including phenoxy) is 2. The van der Waals surface area contributed by atoms with Gasteiger partial charge in [0.05, 0.1) is 12.6 Å². The summed E-state index contributed by atoms with van der Waals surface area (Å²) in [6.45, 7) is 10.4. The third kappa shape index (κ3) is 7.14. The smallest absolute Gasteiger partial charge is 0.320 e. The number of rotatable bonds is 6. The minimum Gasteiger partial charge on any atom is -0.491 e. The lowest BCUT2D eigenvalue weighted by molar-refractivity contribution is -0.153. The van der Waals surface area contributed by atoms with E-state index in [-0.39, 0.29) is 18.6 Å². The molecule has 0 heterocycles. The number of esters is 1. The monoisotopic (exact) mass is 279 g/mol. The molecule has 0 saturated carbocycles. The average molecular weight is 279 g/mol. The molecule has 0 fully saturated rings. The molecule has 4 heteroatoms. The molecule has 0 spiro atoms. The zero-order chi connectivity index (χ0) is 15.2. The van der Waals surface area contributed by atoms with Crippen molar-refractivity contribution in [3.8, 4) is 5.75 Å². The van der Waals surface area contributed by atoms with E-state index in [0.29, 0.717) is 6.54 Å². The first-order valence-electron chi connectivity index (χ1n) is 6.94. The quantitative estimate of drug-likeness (QED) is 0.813. The molecule has 0 aliphatic heterocycles. The molecule has 112 valence electrons. The third-order valence-electron chi connectivity index (χ3n) is 2.31. The fourth-order valence-corrected chi connectivity index (χ4v) is 1.64. The number of carbonyl (C=O) groups is 1. The highest BCUT2D eigenvalue weighted by molar-refractivity contribution is 5.72. The first kappa shape index (κ1) is 16.5. The van der Waals surface area contributed by atoms with Gasteiger partial charge in [0.1, 0.15) is 11.4 Å². The van der Waals surface area contributed by atoms with E-state index >= 15 is 0 Å². The van der Waals surface area contributed by atoms with E-state index in [2.05, 4.69) is 5.32 Å². The zero-order valence-corrected chi connectivity index (χ0v) is 13.0. The summed E-state index contributed by atoms with van der Waals surface area (Å²) in [6.07, 6.45) is 0.172. The lowest BCUT2D eigenvalue weighted by atomic mass is 10.2. The standard InChI is InChI=1S/C16H25NO3/c1-12(2)19-14-8-6-13(7-9-14)10-17-11-15(18)20-16(3,4)5/h6-9,12,17H,10-11H2,1-5H3. The van der Waals surface area contributed by atoms with Crippen molar-refractivity contribution in [2.45, 2.75) is 52.9 Å². The Bertz CT molecular complexity index is 418. The van der Waals surface area contributed by atoms with E-state index in [0.717, 1.165) is 11.3 Å². The van der Waals surface area contributed by atoms with Crippen molar-refractivity contribution in [2.24, 2.45) is 0 Å². The van der Waals surface area contributed by atoms with Crippen molar-refractivity contribution >= 4 is 5.97 Å². The lowest BCUT2D eigenvalue weighted by Gasteiger charge is -2.19. The van der Waals surface area contributed by atoms with Gasteiger partial charge in [-0.3, -0.25) is 4.79 Å². The zero-order valence-electron chi connectivity index (χ0n) is 13.0. The Morgan fingerprint density at radius 1 is 1.20 bits per heavy atom. The molecule has 0 radical (unpaired) electrons. The molecule has 20 heavy (non-hydrogen) atoms. The second-order valence-electron chi connectivity index (χ2n) is 6.00. The molecule has 4 nitrogen and oxygen atoms in total. The molecule has 0 aliphatic rings. The van der Waals surface area contributed by atoms with E-state index < -0.39 is 5.60 Å². The largest absolute Gasteiger partial charge is 0.491 e. The number of carbonyl (C=O) groups excluding carboxylic acids is 1. The molecule has 1 N–H and O–H groups in total. The summed E-state index contributed by atoms with van der Waals surface area (Å²) in [5.41, 5.74) is 0.666. The first-order chi connectivity index (χ1) is 9.26. The van der Waals surface area contributed by atoms with Crippen LogP contribution in [0.25, 0.3) is 0 Å². The molecule has 0 saturated heterocycles. The molecule has 0 aliphatic carbocycles. The predicted octanol–water partition coefficient (Wildman–Crippen LogP) is 2.91. The number of hydrogen-bond acceptors (Lipinski definition) is 4. The maximum Gasteiger partial charge on any atom is 0.320 e. The van der Waals surface area contributed by atoms with E-state index in [1.165, 1.54) is 0 Å². The normalized spacial score (nSPS) is 11.5. The van der Waals surface area contributed by atoms with Crippen molar-refractivity contribution in [2.75, 3.05) is 6.54 Å². The van der Waals surface area contributed by atoms with Gasteiger partial charge in [-0.15, -0.1) is 0 Å². The molecule has 1 aromatic carbocycles. The first-order valence-corrected chi connectivity index (χ1v) is 6.94. The summed E-state index contributed by atoms with van der Waals surface area (Å²) < 4.78 is 10.8. The highest BCUT2D eigenvalue weighted by Crippen LogP contribution is 2.13. The second-order valence-corrected chi connectivity index (χ2v) is 6.00. The summed E-state index contributed by atoms with van der Waals surface area (Å²) in [7, 11) is 0. The van der Waals surface area contributed by atoms with Crippen molar-refractivity contribution in [3.63, 3.8) is 0 Å². The summed E-state index contributed by atoms with van der Waals surface area (Å²) in [5, 5.41) is 3.07. The van der Waals surface area contributed by atoms with Crippen molar-refractivity contribution in [1.82, 2.24) is 5.32 Å². The number of hydrogen-bond donors (Lipinski definition) is 1. The Labute approximate surface area is 121 Å². The van der Waals surface area contributed by atoms with E-state index in [4.69, 9.17) is 9.47 Å². The molecule has 1 rings (SSSR count). The number of benzene rings is 1. The third-order valence-corrected chi connectivity index (χ3v) is 2.31. The Hall–Kier alpha value is -1.55.